The molecule has 0 aromatic heterocycles. The van der Waals surface area contributed by atoms with Crippen LogP contribution in [0.3, 0.4) is 0 Å². The standard InChI is InChI=1S/C20H12Cl2F2N2O3/c21-13-9-11(10-14(22)18(13)29-12-5-2-1-3-6-12)25-20(28)26-19(27)17-15(23)7-4-8-16(17)24/h1-10H,(H2,25,26,27,28). The Kier molecular flexibility index (Phi) is 6.31. The summed E-state index contributed by atoms with van der Waals surface area (Å²) in [7, 11) is 0. The van der Waals surface area contributed by atoms with Crippen molar-refractivity contribution < 1.29 is 23.1 Å². The Bertz CT molecular complexity index is 1040. The molecule has 0 aliphatic heterocycles. The first-order chi connectivity index (χ1) is 13.8. The Morgan fingerprint density at radius 2 is 1.45 bits per heavy atom. The zero-order valence-electron chi connectivity index (χ0n) is 14.5. The highest BCUT2D eigenvalue weighted by atomic mass is 35.5. The second kappa shape index (κ2) is 8.89. The van der Waals surface area contributed by atoms with Gasteiger partial charge in [0.15, 0.2) is 5.75 Å². The number of ether oxygens (including phenoxy) is 1. The van der Waals surface area contributed by atoms with Crippen LogP contribution < -0.4 is 15.4 Å². The topological polar surface area (TPSA) is 67.4 Å². The van der Waals surface area contributed by atoms with Gasteiger partial charge in [0.25, 0.3) is 5.91 Å². The molecule has 0 unspecified atom stereocenters. The Balaban J connectivity index is 1.71. The zero-order valence-corrected chi connectivity index (χ0v) is 16.0. The van der Waals surface area contributed by atoms with E-state index in [0.29, 0.717) is 5.75 Å². The number of nitrogens with one attached hydrogen (secondary N) is 2. The van der Waals surface area contributed by atoms with Crippen LogP contribution in [0.1, 0.15) is 10.4 Å². The maximum Gasteiger partial charge on any atom is 0.326 e. The number of para-hydroxylation sites is 1. The first-order valence-corrected chi connectivity index (χ1v) is 8.89. The average molecular weight is 437 g/mol. The SMILES string of the molecule is O=C(NC(=O)c1c(F)cccc1F)Nc1cc(Cl)c(Oc2ccccc2)c(Cl)c1. The van der Waals surface area contributed by atoms with E-state index in [1.165, 1.54) is 12.1 Å². The Labute approximate surface area is 174 Å². The molecule has 3 amide bonds. The molecule has 2 N–H and O–H groups in total. The van der Waals surface area contributed by atoms with Gasteiger partial charge >= 0.3 is 6.03 Å². The van der Waals surface area contributed by atoms with Crippen molar-refractivity contribution in [1.82, 2.24) is 5.32 Å². The summed E-state index contributed by atoms with van der Waals surface area (Å²) < 4.78 is 32.9. The van der Waals surface area contributed by atoms with E-state index in [4.69, 9.17) is 27.9 Å². The summed E-state index contributed by atoms with van der Waals surface area (Å²) in [5.41, 5.74) is -0.731. The Hall–Kier alpha value is -3.16. The molecule has 0 aliphatic rings. The van der Waals surface area contributed by atoms with Gasteiger partial charge in [-0.2, -0.15) is 0 Å². The molecule has 3 rings (SSSR count). The molecule has 5 nitrogen and oxygen atoms in total. The highest BCUT2D eigenvalue weighted by Gasteiger charge is 2.20. The van der Waals surface area contributed by atoms with Gasteiger partial charge in [0, 0.05) is 5.69 Å². The number of carbonyl (C=O) groups excluding carboxylic acids is 2. The largest absolute Gasteiger partial charge is 0.454 e. The van der Waals surface area contributed by atoms with Crippen molar-refractivity contribution in [2.75, 3.05) is 5.32 Å². The van der Waals surface area contributed by atoms with Crippen LogP contribution in [0.4, 0.5) is 19.3 Å². The summed E-state index contributed by atoms with van der Waals surface area (Å²) in [6, 6.07) is 13.3. The summed E-state index contributed by atoms with van der Waals surface area (Å²) >= 11 is 12.3. The summed E-state index contributed by atoms with van der Waals surface area (Å²) in [6.45, 7) is 0. The van der Waals surface area contributed by atoms with E-state index < -0.39 is 29.1 Å². The van der Waals surface area contributed by atoms with E-state index >= 15 is 0 Å². The van der Waals surface area contributed by atoms with Crippen molar-refractivity contribution >= 4 is 40.8 Å². The minimum absolute atomic E-state index is 0.100. The summed E-state index contributed by atoms with van der Waals surface area (Å²) in [5, 5.41) is 4.35. The van der Waals surface area contributed by atoms with Crippen LogP contribution in [-0.2, 0) is 0 Å². The molecule has 0 saturated heterocycles. The fourth-order valence-electron chi connectivity index (χ4n) is 2.38. The van der Waals surface area contributed by atoms with E-state index in [1.807, 2.05) is 11.4 Å². The van der Waals surface area contributed by atoms with Crippen LogP contribution in [0.5, 0.6) is 11.5 Å². The maximum atomic E-state index is 13.6. The van der Waals surface area contributed by atoms with E-state index in [0.717, 1.165) is 18.2 Å². The van der Waals surface area contributed by atoms with Crippen molar-refractivity contribution in [3.8, 4) is 11.5 Å². The van der Waals surface area contributed by atoms with Gasteiger partial charge in [0.05, 0.1) is 10.0 Å². The van der Waals surface area contributed by atoms with Crippen LogP contribution in [-0.4, -0.2) is 11.9 Å². The molecule has 0 radical (unpaired) electrons. The Morgan fingerprint density at radius 1 is 0.862 bits per heavy atom. The molecule has 0 atom stereocenters. The predicted molar refractivity (Wildman–Crippen MR) is 106 cm³/mol. The fraction of sp³-hybridized carbons (Fsp3) is 0. The first-order valence-electron chi connectivity index (χ1n) is 8.13. The normalized spacial score (nSPS) is 10.3. The van der Waals surface area contributed by atoms with Gasteiger partial charge in [-0.3, -0.25) is 10.1 Å². The summed E-state index contributed by atoms with van der Waals surface area (Å²) in [6.07, 6.45) is 0. The molecule has 9 heteroatoms. The van der Waals surface area contributed by atoms with E-state index in [1.54, 1.807) is 24.3 Å². The van der Waals surface area contributed by atoms with Crippen molar-refractivity contribution in [2.24, 2.45) is 0 Å². The number of benzene rings is 3. The maximum absolute atomic E-state index is 13.6. The lowest BCUT2D eigenvalue weighted by atomic mass is 10.2. The van der Waals surface area contributed by atoms with Crippen LogP contribution in [0.25, 0.3) is 0 Å². The molecule has 3 aromatic rings. The highest BCUT2D eigenvalue weighted by Crippen LogP contribution is 2.38. The lowest BCUT2D eigenvalue weighted by Gasteiger charge is -2.12. The molecular weight excluding hydrogens is 425 g/mol. The molecule has 0 bridgehead atoms. The van der Waals surface area contributed by atoms with Gasteiger partial charge in [-0.1, -0.05) is 47.5 Å². The molecule has 0 aliphatic carbocycles. The zero-order chi connectivity index (χ0) is 21.0. The third kappa shape index (κ3) is 5.01. The number of hydrogen-bond donors (Lipinski definition) is 2. The summed E-state index contributed by atoms with van der Waals surface area (Å²) in [4.78, 5) is 24.0. The van der Waals surface area contributed by atoms with Gasteiger partial charge in [0.2, 0.25) is 0 Å². The number of rotatable bonds is 4. The van der Waals surface area contributed by atoms with E-state index in [-0.39, 0.29) is 21.5 Å². The molecular formula is C20H12Cl2F2N2O3. The third-order valence-electron chi connectivity index (χ3n) is 3.64. The smallest absolute Gasteiger partial charge is 0.326 e. The molecule has 0 fully saturated rings. The highest BCUT2D eigenvalue weighted by molar-refractivity contribution is 6.37. The van der Waals surface area contributed by atoms with Gasteiger partial charge in [-0.15, -0.1) is 0 Å². The molecule has 0 heterocycles. The minimum atomic E-state index is -1.24. The van der Waals surface area contributed by atoms with Crippen LogP contribution in [0, 0.1) is 11.6 Å². The molecule has 29 heavy (non-hydrogen) atoms. The van der Waals surface area contributed by atoms with Gasteiger partial charge < -0.3 is 10.1 Å². The van der Waals surface area contributed by atoms with Crippen LogP contribution in [0.15, 0.2) is 60.7 Å². The third-order valence-corrected chi connectivity index (χ3v) is 4.20. The van der Waals surface area contributed by atoms with E-state index in [2.05, 4.69) is 5.32 Å². The number of anilines is 1. The first kappa shape index (κ1) is 20.6. The average Bonchev–Trinajstić information content (AvgIpc) is 2.65. The van der Waals surface area contributed by atoms with E-state index in [9.17, 15) is 18.4 Å². The van der Waals surface area contributed by atoms with Crippen molar-refractivity contribution in [3.05, 3.63) is 87.9 Å². The Morgan fingerprint density at radius 3 is 2.03 bits per heavy atom. The number of urea groups is 1. The van der Waals surface area contributed by atoms with Crippen molar-refractivity contribution in [1.29, 1.82) is 0 Å². The molecule has 3 aromatic carbocycles. The predicted octanol–water partition coefficient (Wildman–Crippen LogP) is 6.03. The lowest BCUT2D eigenvalue weighted by Crippen LogP contribution is -2.35. The number of amides is 3. The molecule has 148 valence electrons. The number of hydrogen-bond acceptors (Lipinski definition) is 3. The van der Waals surface area contributed by atoms with Gasteiger partial charge in [-0.25, -0.2) is 13.6 Å². The molecule has 0 saturated carbocycles. The number of carbonyl (C=O) groups is 2. The minimum Gasteiger partial charge on any atom is -0.454 e. The number of imide groups is 1. The quantitative estimate of drug-likeness (QED) is 0.524. The lowest BCUT2D eigenvalue weighted by molar-refractivity contribution is 0.0959. The monoisotopic (exact) mass is 436 g/mol. The second-order valence-electron chi connectivity index (χ2n) is 5.69. The van der Waals surface area contributed by atoms with Crippen molar-refractivity contribution in [3.63, 3.8) is 0 Å². The van der Waals surface area contributed by atoms with Crippen molar-refractivity contribution in [2.45, 2.75) is 0 Å². The molecule has 0 spiro atoms. The second-order valence-corrected chi connectivity index (χ2v) is 6.50. The van der Waals surface area contributed by atoms with Crippen LogP contribution >= 0.6 is 23.2 Å². The fourth-order valence-corrected chi connectivity index (χ4v) is 2.94. The van der Waals surface area contributed by atoms with Gasteiger partial charge in [0.1, 0.15) is 22.9 Å². The van der Waals surface area contributed by atoms with Crippen LogP contribution in [0.2, 0.25) is 10.0 Å². The number of halogens is 4. The van der Waals surface area contributed by atoms with Gasteiger partial charge in [-0.05, 0) is 36.4 Å². The summed E-state index contributed by atoms with van der Waals surface area (Å²) in [5.74, 6) is -2.74.